The van der Waals surface area contributed by atoms with Gasteiger partial charge in [0.05, 0.1) is 12.4 Å². The summed E-state index contributed by atoms with van der Waals surface area (Å²) in [6, 6.07) is 0. The van der Waals surface area contributed by atoms with Crippen LogP contribution < -0.4 is 0 Å². The first kappa shape index (κ1) is 17.5. The monoisotopic (exact) mass is 254 g/mol. The SMILES string of the molecule is C=COC(CCCCCCC)CCCCCCC. The Kier molecular flexibility index (Phi) is 14.2. The van der Waals surface area contributed by atoms with Gasteiger partial charge >= 0.3 is 0 Å². The minimum absolute atomic E-state index is 0.422. The van der Waals surface area contributed by atoms with Crippen LogP contribution in [0.1, 0.15) is 90.9 Å². The van der Waals surface area contributed by atoms with Gasteiger partial charge in [0.1, 0.15) is 0 Å². The van der Waals surface area contributed by atoms with Crippen molar-refractivity contribution >= 4 is 0 Å². The van der Waals surface area contributed by atoms with E-state index in [1.165, 1.54) is 77.0 Å². The summed E-state index contributed by atoms with van der Waals surface area (Å²) in [5, 5.41) is 0. The van der Waals surface area contributed by atoms with Crippen LogP contribution in [0.5, 0.6) is 0 Å². The van der Waals surface area contributed by atoms with E-state index < -0.39 is 0 Å². The van der Waals surface area contributed by atoms with Crippen molar-refractivity contribution in [2.45, 2.75) is 97.0 Å². The second-order valence-electron chi connectivity index (χ2n) is 5.33. The summed E-state index contributed by atoms with van der Waals surface area (Å²) < 4.78 is 5.62. The number of unbranched alkanes of at least 4 members (excludes halogenated alkanes) is 8. The highest BCUT2D eigenvalue weighted by Gasteiger charge is 2.07. The highest BCUT2D eigenvalue weighted by molar-refractivity contribution is 4.64. The fourth-order valence-corrected chi connectivity index (χ4v) is 2.37. The van der Waals surface area contributed by atoms with E-state index in [9.17, 15) is 0 Å². The predicted octanol–water partition coefficient (Wildman–Crippen LogP) is 6.24. The first-order chi connectivity index (χ1) is 8.85. The number of hydrogen-bond donors (Lipinski definition) is 0. The molecule has 0 aromatic rings. The lowest BCUT2D eigenvalue weighted by Gasteiger charge is -2.16. The van der Waals surface area contributed by atoms with Crippen LogP contribution in [0.3, 0.4) is 0 Å². The molecule has 0 unspecified atom stereocenters. The third-order valence-electron chi connectivity index (χ3n) is 3.55. The normalized spacial score (nSPS) is 10.8. The summed E-state index contributed by atoms with van der Waals surface area (Å²) in [7, 11) is 0. The quantitative estimate of drug-likeness (QED) is 0.263. The third-order valence-corrected chi connectivity index (χ3v) is 3.55. The molecule has 0 rings (SSSR count). The Morgan fingerprint density at radius 3 is 1.61 bits per heavy atom. The standard InChI is InChI=1S/C17H34O/c1-4-7-9-11-13-15-17(18-6-3)16-14-12-10-8-5-2/h6,17H,3-5,7-16H2,1-2H3. The molecule has 0 saturated carbocycles. The fourth-order valence-electron chi connectivity index (χ4n) is 2.37. The molecule has 0 saturated heterocycles. The number of ether oxygens (including phenoxy) is 1. The van der Waals surface area contributed by atoms with E-state index in [2.05, 4.69) is 20.4 Å². The van der Waals surface area contributed by atoms with E-state index in [1.54, 1.807) is 6.26 Å². The molecule has 0 fully saturated rings. The summed E-state index contributed by atoms with van der Waals surface area (Å²) in [5.41, 5.74) is 0. The van der Waals surface area contributed by atoms with Crippen molar-refractivity contribution < 1.29 is 4.74 Å². The summed E-state index contributed by atoms with van der Waals surface area (Å²) in [6.45, 7) is 8.22. The highest BCUT2D eigenvalue weighted by Crippen LogP contribution is 2.16. The van der Waals surface area contributed by atoms with Crippen LogP contribution in [-0.2, 0) is 4.74 Å². The summed E-state index contributed by atoms with van der Waals surface area (Å²) in [4.78, 5) is 0. The van der Waals surface area contributed by atoms with Gasteiger partial charge in [0.2, 0.25) is 0 Å². The molecule has 0 spiro atoms. The molecule has 1 nitrogen and oxygen atoms in total. The average molecular weight is 254 g/mol. The van der Waals surface area contributed by atoms with Crippen LogP contribution in [0.15, 0.2) is 12.8 Å². The molecule has 0 N–H and O–H groups in total. The van der Waals surface area contributed by atoms with E-state index in [0.29, 0.717) is 6.10 Å². The topological polar surface area (TPSA) is 9.23 Å². The van der Waals surface area contributed by atoms with Crippen molar-refractivity contribution in [2.24, 2.45) is 0 Å². The molecule has 0 amide bonds. The van der Waals surface area contributed by atoms with E-state index in [4.69, 9.17) is 4.74 Å². The molecule has 0 aliphatic carbocycles. The van der Waals surface area contributed by atoms with Crippen LogP contribution in [0, 0.1) is 0 Å². The average Bonchev–Trinajstić information content (AvgIpc) is 2.38. The minimum Gasteiger partial charge on any atom is -0.499 e. The van der Waals surface area contributed by atoms with Crippen LogP contribution in [0.2, 0.25) is 0 Å². The van der Waals surface area contributed by atoms with Crippen molar-refractivity contribution in [3.8, 4) is 0 Å². The summed E-state index contributed by atoms with van der Waals surface area (Å²) in [5.74, 6) is 0. The van der Waals surface area contributed by atoms with Crippen molar-refractivity contribution in [3.63, 3.8) is 0 Å². The molecule has 0 aromatic heterocycles. The van der Waals surface area contributed by atoms with Gasteiger partial charge in [-0.05, 0) is 25.7 Å². The van der Waals surface area contributed by atoms with Crippen LogP contribution in [0.4, 0.5) is 0 Å². The third kappa shape index (κ3) is 12.0. The molecule has 0 radical (unpaired) electrons. The number of hydrogen-bond acceptors (Lipinski definition) is 1. The van der Waals surface area contributed by atoms with Crippen LogP contribution >= 0.6 is 0 Å². The Hall–Kier alpha value is -0.460. The first-order valence-electron chi connectivity index (χ1n) is 8.11. The maximum Gasteiger partial charge on any atom is 0.0978 e. The lowest BCUT2D eigenvalue weighted by molar-refractivity contribution is 0.121. The predicted molar refractivity (Wildman–Crippen MR) is 81.8 cm³/mol. The van der Waals surface area contributed by atoms with Gasteiger partial charge in [-0.1, -0.05) is 71.8 Å². The lowest BCUT2D eigenvalue weighted by atomic mass is 10.0. The molecule has 18 heavy (non-hydrogen) atoms. The largest absolute Gasteiger partial charge is 0.499 e. The molecule has 0 bridgehead atoms. The summed E-state index contributed by atoms with van der Waals surface area (Å²) >= 11 is 0. The van der Waals surface area contributed by atoms with Crippen LogP contribution in [-0.4, -0.2) is 6.10 Å². The van der Waals surface area contributed by atoms with Gasteiger partial charge in [0.25, 0.3) is 0 Å². The molecule has 0 aliphatic heterocycles. The van der Waals surface area contributed by atoms with Gasteiger partial charge in [-0.15, -0.1) is 0 Å². The second-order valence-corrected chi connectivity index (χ2v) is 5.33. The number of rotatable bonds is 14. The molecule has 0 aliphatic rings. The zero-order valence-corrected chi connectivity index (χ0v) is 12.8. The molecular formula is C17H34O. The Balaban J connectivity index is 3.48. The Labute approximate surface area is 115 Å². The minimum atomic E-state index is 0.422. The lowest BCUT2D eigenvalue weighted by Crippen LogP contribution is -2.09. The van der Waals surface area contributed by atoms with Gasteiger partial charge < -0.3 is 4.74 Å². The fraction of sp³-hybridized carbons (Fsp3) is 0.882. The van der Waals surface area contributed by atoms with Crippen LogP contribution in [0.25, 0.3) is 0 Å². The second kappa shape index (κ2) is 14.6. The Bertz CT molecular complexity index is 151. The summed E-state index contributed by atoms with van der Waals surface area (Å²) in [6.07, 6.45) is 18.0. The molecular weight excluding hydrogens is 220 g/mol. The highest BCUT2D eigenvalue weighted by atomic mass is 16.5. The molecule has 108 valence electrons. The van der Waals surface area contributed by atoms with Gasteiger partial charge in [0.15, 0.2) is 0 Å². The van der Waals surface area contributed by atoms with Gasteiger partial charge in [-0.3, -0.25) is 0 Å². The van der Waals surface area contributed by atoms with E-state index in [1.807, 2.05) is 0 Å². The van der Waals surface area contributed by atoms with Crippen molar-refractivity contribution in [1.29, 1.82) is 0 Å². The first-order valence-corrected chi connectivity index (χ1v) is 8.11. The molecule has 0 heterocycles. The van der Waals surface area contributed by atoms with Crippen molar-refractivity contribution in [2.75, 3.05) is 0 Å². The van der Waals surface area contributed by atoms with E-state index >= 15 is 0 Å². The molecule has 1 heteroatoms. The van der Waals surface area contributed by atoms with Crippen molar-refractivity contribution in [3.05, 3.63) is 12.8 Å². The Morgan fingerprint density at radius 2 is 1.22 bits per heavy atom. The smallest absolute Gasteiger partial charge is 0.0978 e. The van der Waals surface area contributed by atoms with Gasteiger partial charge in [0, 0.05) is 0 Å². The van der Waals surface area contributed by atoms with Gasteiger partial charge in [-0.2, -0.15) is 0 Å². The van der Waals surface area contributed by atoms with Gasteiger partial charge in [-0.25, -0.2) is 0 Å². The zero-order chi connectivity index (χ0) is 13.5. The molecule has 0 aromatic carbocycles. The van der Waals surface area contributed by atoms with Crippen molar-refractivity contribution in [1.82, 2.24) is 0 Å². The maximum atomic E-state index is 5.62. The molecule has 0 atom stereocenters. The zero-order valence-electron chi connectivity index (χ0n) is 12.8. The Morgan fingerprint density at radius 1 is 0.778 bits per heavy atom. The van der Waals surface area contributed by atoms with E-state index in [-0.39, 0.29) is 0 Å². The van der Waals surface area contributed by atoms with E-state index in [0.717, 1.165) is 0 Å². The maximum absolute atomic E-state index is 5.62.